The third-order valence-corrected chi connectivity index (χ3v) is 3.82. The summed E-state index contributed by atoms with van der Waals surface area (Å²) in [6.07, 6.45) is 0.104. The van der Waals surface area contributed by atoms with E-state index in [9.17, 15) is 9.59 Å². The van der Waals surface area contributed by atoms with Crippen molar-refractivity contribution >= 4 is 29.1 Å². The molecule has 2 aromatic carbocycles. The minimum Gasteiger partial charge on any atom is -0.492 e. The summed E-state index contributed by atoms with van der Waals surface area (Å²) in [7, 11) is 0. The van der Waals surface area contributed by atoms with Crippen LogP contribution in [-0.4, -0.2) is 25.0 Å². The average molecular weight is 376 g/mol. The van der Waals surface area contributed by atoms with Crippen LogP contribution in [-0.2, 0) is 9.59 Å². The number of nitrogens with two attached hydrogens (primary N) is 1. The lowest BCUT2D eigenvalue weighted by molar-refractivity contribution is -0.120. The number of carbonyl (C=O) groups is 2. The van der Waals surface area contributed by atoms with E-state index in [0.29, 0.717) is 29.6 Å². The van der Waals surface area contributed by atoms with Crippen molar-refractivity contribution in [2.45, 2.75) is 19.4 Å². The molecule has 1 unspecified atom stereocenters. The maximum absolute atomic E-state index is 12.4. The quantitative estimate of drug-likeness (QED) is 0.661. The van der Waals surface area contributed by atoms with Gasteiger partial charge in [0.15, 0.2) is 0 Å². The molecule has 0 aliphatic rings. The zero-order valence-corrected chi connectivity index (χ0v) is 15.3. The van der Waals surface area contributed by atoms with Crippen molar-refractivity contribution in [1.29, 1.82) is 0 Å². The average Bonchev–Trinajstić information content (AvgIpc) is 2.61. The standard InChI is InChI=1S/C19H22ClN3O3/c1-13(24)22-18(14-2-4-15(20)5-3-14)12-19(25)23-16-6-8-17(9-7-16)26-11-10-21/h2-9,18H,10-12,21H2,1H3,(H,22,24)(H,23,25). The number of carbonyl (C=O) groups excluding carboxylic acids is 2. The van der Waals surface area contributed by atoms with E-state index in [2.05, 4.69) is 10.6 Å². The summed E-state index contributed by atoms with van der Waals surface area (Å²) >= 11 is 5.90. The van der Waals surface area contributed by atoms with Crippen molar-refractivity contribution in [3.8, 4) is 5.75 Å². The van der Waals surface area contributed by atoms with Crippen molar-refractivity contribution in [1.82, 2.24) is 5.32 Å². The lowest BCUT2D eigenvalue weighted by atomic mass is 10.0. The van der Waals surface area contributed by atoms with Crippen molar-refractivity contribution < 1.29 is 14.3 Å². The van der Waals surface area contributed by atoms with Gasteiger partial charge in [0.25, 0.3) is 0 Å². The van der Waals surface area contributed by atoms with Crippen molar-refractivity contribution in [3.05, 3.63) is 59.1 Å². The van der Waals surface area contributed by atoms with Gasteiger partial charge in [-0.3, -0.25) is 9.59 Å². The fourth-order valence-corrected chi connectivity index (χ4v) is 2.53. The van der Waals surface area contributed by atoms with Gasteiger partial charge in [-0.2, -0.15) is 0 Å². The second-order valence-corrected chi connectivity index (χ2v) is 6.15. The Hall–Kier alpha value is -2.57. The molecule has 0 saturated heterocycles. The molecule has 0 spiro atoms. The molecule has 6 nitrogen and oxygen atoms in total. The van der Waals surface area contributed by atoms with Gasteiger partial charge in [-0.1, -0.05) is 23.7 Å². The Morgan fingerprint density at radius 2 is 1.77 bits per heavy atom. The number of amides is 2. The molecule has 0 fully saturated rings. The summed E-state index contributed by atoms with van der Waals surface area (Å²) in [6, 6.07) is 13.6. The van der Waals surface area contributed by atoms with Gasteiger partial charge in [0.05, 0.1) is 12.5 Å². The van der Waals surface area contributed by atoms with E-state index in [1.165, 1.54) is 6.92 Å². The van der Waals surface area contributed by atoms with Crippen LogP contribution in [0.2, 0.25) is 5.02 Å². The predicted octanol–water partition coefficient (Wildman–Crippen LogP) is 2.88. The topological polar surface area (TPSA) is 93.5 Å². The van der Waals surface area contributed by atoms with Crippen LogP contribution >= 0.6 is 11.6 Å². The van der Waals surface area contributed by atoms with E-state index in [-0.39, 0.29) is 18.2 Å². The van der Waals surface area contributed by atoms with E-state index in [0.717, 1.165) is 5.56 Å². The molecule has 2 aromatic rings. The minimum atomic E-state index is -0.433. The van der Waals surface area contributed by atoms with Crippen LogP contribution in [0, 0.1) is 0 Å². The second kappa shape index (κ2) is 9.79. The Bertz CT molecular complexity index is 733. The fourth-order valence-electron chi connectivity index (χ4n) is 2.40. The van der Waals surface area contributed by atoms with Gasteiger partial charge in [0.1, 0.15) is 12.4 Å². The van der Waals surface area contributed by atoms with Crippen LogP contribution in [0.15, 0.2) is 48.5 Å². The molecule has 0 saturated carbocycles. The van der Waals surface area contributed by atoms with Gasteiger partial charge in [-0.05, 0) is 42.0 Å². The zero-order valence-electron chi connectivity index (χ0n) is 14.5. The van der Waals surface area contributed by atoms with E-state index in [4.69, 9.17) is 22.1 Å². The third-order valence-electron chi connectivity index (χ3n) is 3.56. The molecule has 2 rings (SSSR count). The number of ether oxygens (including phenoxy) is 1. The summed E-state index contributed by atoms with van der Waals surface area (Å²) in [5, 5.41) is 6.20. The molecule has 26 heavy (non-hydrogen) atoms. The molecule has 0 aromatic heterocycles. The predicted molar refractivity (Wildman–Crippen MR) is 102 cm³/mol. The highest BCUT2D eigenvalue weighted by Crippen LogP contribution is 2.21. The molecule has 4 N–H and O–H groups in total. The number of halogens is 1. The van der Waals surface area contributed by atoms with Gasteiger partial charge < -0.3 is 21.1 Å². The van der Waals surface area contributed by atoms with Gasteiger partial charge in [-0.25, -0.2) is 0 Å². The summed E-state index contributed by atoms with van der Waals surface area (Å²) in [5.74, 6) is 0.263. The second-order valence-electron chi connectivity index (χ2n) is 5.72. The largest absolute Gasteiger partial charge is 0.492 e. The van der Waals surface area contributed by atoms with Crippen molar-refractivity contribution in [3.63, 3.8) is 0 Å². The zero-order chi connectivity index (χ0) is 18.9. The Balaban J connectivity index is 2.00. The number of benzene rings is 2. The normalized spacial score (nSPS) is 11.5. The smallest absolute Gasteiger partial charge is 0.226 e. The SMILES string of the molecule is CC(=O)NC(CC(=O)Nc1ccc(OCCN)cc1)c1ccc(Cl)cc1. The minimum absolute atomic E-state index is 0.104. The van der Waals surface area contributed by atoms with Crippen molar-refractivity contribution in [2.75, 3.05) is 18.5 Å². The van der Waals surface area contributed by atoms with Crippen LogP contribution in [0.4, 0.5) is 5.69 Å². The van der Waals surface area contributed by atoms with Crippen LogP contribution in [0.25, 0.3) is 0 Å². The Kier molecular flexibility index (Phi) is 7.44. The Morgan fingerprint density at radius 3 is 2.35 bits per heavy atom. The molecule has 0 heterocycles. The lowest BCUT2D eigenvalue weighted by Gasteiger charge is -2.18. The van der Waals surface area contributed by atoms with E-state index in [1.807, 2.05) is 0 Å². The summed E-state index contributed by atoms with van der Waals surface area (Å²) in [5.41, 5.74) is 6.85. The molecule has 2 amide bonds. The van der Waals surface area contributed by atoms with Crippen LogP contribution in [0.3, 0.4) is 0 Å². The number of hydrogen-bond donors (Lipinski definition) is 3. The monoisotopic (exact) mass is 375 g/mol. The number of anilines is 1. The van der Waals surface area contributed by atoms with Gasteiger partial charge >= 0.3 is 0 Å². The molecule has 1 atom stereocenters. The highest BCUT2D eigenvalue weighted by Gasteiger charge is 2.17. The van der Waals surface area contributed by atoms with Gasteiger partial charge in [-0.15, -0.1) is 0 Å². The summed E-state index contributed by atoms with van der Waals surface area (Å²) in [4.78, 5) is 23.8. The molecule has 0 aliphatic heterocycles. The van der Waals surface area contributed by atoms with Gasteiger partial charge in [0, 0.05) is 24.2 Å². The molecule has 7 heteroatoms. The Morgan fingerprint density at radius 1 is 1.12 bits per heavy atom. The summed E-state index contributed by atoms with van der Waals surface area (Å²) in [6.45, 7) is 2.29. The van der Waals surface area contributed by atoms with Crippen molar-refractivity contribution in [2.24, 2.45) is 5.73 Å². The maximum Gasteiger partial charge on any atom is 0.226 e. The number of hydrogen-bond acceptors (Lipinski definition) is 4. The first-order valence-corrected chi connectivity index (χ1v) is 8.61. The first-order valence-electron chi connectivity index (χ1n) is 8.23. The number of nitrogens with one attached hydrogen (secondary N) is 2. The fraction of sp³-hybridized carbons (Fsp3) is 0.263. The molecule has 138 valence electrons. The third kappa shape index (κ3) is 6.38. The van der Waals surface area contributed by atoms with E-state index < -0.39 is 6.04 Å². The maximum atomic E-state index is 12.4. The molecule has 0 bridgehead atoms. The van der Waals surface area contributed by atoms with E-state index >= 15 is 0 Å². The highest BCUT2D eigenvalue weighted by atomic mass is 35.5. The first kappa shape index (κ1) is 19.8. The first-order chi connectivity index (χ1) is 12.5. The molecular formula is C19H22ClN3O3. The van der Waals surface area contributed by atoms with Crippen LogP contribution < -0.4 is 21.1 Å². The highest BCUT2D eigenvalue weighted by molar-refractivity contribution is 6.30. The Labute approximate surface area is 157 Å². The van der Waals surface area contributed by atoms with Gasteiger partial charge in [0.2, 0.25) is 11.8 Å². The molecular weight excluding hydrogens is 354 g/mol. The molecule has 0 radical (unpaired) electrons. The number of rotatable bonds is 8. The lowest BCUT2D eigenvalue weighted by Crippen LogP contribution is -2.29. The summed E-state index contributed by atoms with van der Waals surface area (Å²) < 4.78 is 5.39. The van der Waals surface area contributed by atoms with Crippen LogP contribution in [0.1, 0.15) is 24.9 Å². The van der Waals surface area contributed by atoms with E-state index in [1.54, 1.807) is 48.5 Å². The molecule has 0 aliphatic carbocycles. The van der Waals surface area contributed by atoms with Crippen LogP contribution in [0.5, 0.6) is 5.75 Å².